The molecule has 0 spiro atoms. The number of nitrogens with zero attached hydrogens (tertiary/aromatic N) is 3. The number of nitrogens with one attached hydrogen (secondary N) is 1. The van der Waals surface area contributed by atoms with Gasteiger partial charge in [-0.25, -0.2) is 4.68 Å². The fourth-order valence-electron chi connectivity index (χ4n) is 1.29. The normalized spacial score (nSPS) is 10.9. The molecule has 92 valence electrons. The Balaban J connectivity index is 2.07. The molecule has 1 rings (SSSR count). The van der Waals surface area contributed by atoms with E-state index in [1.165, 1.54) is 0 Å². The first-order valence-corrected chi connectivity index (χ1v) is 5.65. The van der Waals surface area contributed by atoms with E-state index >= 15 is 0 Å². The molecule has 0 aromatic carbocycles. The minimum Gasteiger partial charge on any atom is -0.394 e. The van der Waals surface area contributed by atoms with Gasteiger partial charge in [0.25, 0.3) is 0 Å². The lowest BCUT2D eigenvalue weighted by Gasteiger charge is -2.02. The highest BCUT2D eigenvalue weighted by Crippen LogP contribution is 1.92. The Kier molecular flexibility index (Phi) is 6.71. The second kappa shape index (κ2) is 8.20. The third-order valence-electron chi connectivity index (χ3n) is 2.07. The van der Waals surface area contributed by atoms with Crippen molar-refractivity contribution in [1.82, 2.24) is 20.3 Å². The highest BCUT2D eigenvalue weighted by atomic mass is 16.5. The quantitative estimate of drug-likeness (QED) is 0.572. The predicted octanol–water partition coefficient (Wildman–Crippen LogP) is -0.213. The van der Waals surface area contributed by atoms with Crippen LogP contribution >= 0.6 is 0 Å². The lowest BCUT2D eigenvalue weighted by molar-refractivity contribution is 0.144. The highest BCUT2D eigenvalue weighted by Gasteiger charge is 1.99. The summed E-state index contributed by atoms with van der Waals surface area (Å²) in [5, 5.41) is 19.8. The van der Waals surface area contributed by atoms with Crippen LogP contribution in [0.25, 0.3) is 0 Å². The zero-order chi connectivity index (χ0) is 11.6. The molecule has 6 nitrogen and oxygen atoms in total. The maximum Gasteiger partial charge on any atom is 0.0964 e. The Morgan fingerprint density at radius 3 is 3.19 bits per heavy atom. The summed E-state index contributed by atoms with van der Waals surface area (Å²) in [5.74, 6) is 0. The SMILES string of the molecule is CCOCCCNCc1cn(CCO)nn1. The number of hydrogen-bond donors (Lipinski definition) is 2. The largest absolute Gasteiger partial charge is 0.394 e. The number of aromatic nitrogens is 3. The van der Waals surface area contributed by atoms with Crippen molar-refractivity contribution in [1.29, 1.82) is 0 Å². The van der Waals surface area contributed by atoms with E-state index in [4.69, 9.17) is 9.84 Å². The van der Waals surface area contributed by atoms with E-state index in [1.807, 2.05) is 13.1 Å². The molecular formula is C10H20N4O2. The first-order valence-electron chi connectivity index (χ1n) is 5.65. The van der Waals surface area contributed by atoms with Gasteiger partial charge in [-0.3, -0.25) is 0 Å². The smallest absolute Gasteiger partial charge is 0.0964 e. The van der Waals surface area contributed by atoms with Crippen LogP contribution in [0.15, 0.2) is 6.20 Å². The number of hydrogen-bond acceptors (Lipinski definition) is 5. The van der Waals surface area contributed by atoms with Crippen molar-refractivity contribution in [2.75, 3.05) is 26.4 Å². The van der Waals surface area contributed by atoms with Gasteiger partial charge in [0.15, 0.2) is 0 Å². The van der Waals surface area contributed by atoms with Crippen molar-refractivity contribution in [3.05, 3.63) is 11.9 Å². The number of aliphatic hydroxyl groups is 1. The van der Waals surface area contributed by atoms with Crippen LogP contribution in [0.3, 0.4) is 0 Å². The van der Waals surface area contributed by atoms with Gasteiger partial charge >= 0.3 is 0 Å². The third-order valence-corrected chi connectivity index (χ3v) is 2.07. The molecule has 0 saturated heterocycles. The topological polar surface area (TPSA) is 72.2 Å². The summed E-state index contributed by atoms with van der Waals surface area (Å²) in [6.45, 7) is 5.76. The second-order valence-electron chi connectivity index (χ2n) is 3.42. The van der Waals surface area contributed by atoms with Crippen LogP contribution in [0, 0.1) is 0 Å². The standard InChI is InChI=1S/C10H20N4O2/c1-2-16-7-3-4-11-8-10-9-14(5-6-15)13-12-10/h9,11,15H,2-8H2,1H3. The van der Waals surface area contributed by atoms with Crippen LogP contribution < -0.4 is 5.32 Å². The van der Waals surface area contributed by atoms with Gasteiger partial charge in [-0.2, -0.15) is 0 Å². The molecule has 6 heteroatoms. The summed E-state index contributed by atoms with van der Waals surface area (Å²) in [4.78, 5) is 0. The highest BCUT2D eigenvalue weighted by molar-refractivity contribution is 4.91. The Morgan fingerprint density at radius 2 is 2.44 bits per heavy atom. The van der Waals surface area contributed by atoms with Crippen molar-refractivity contribution in [3.63, 3.8) is 0 Å². The lowest BCUT2D eigenvalue weighted by Crippen LogP contribution is -2.16. The molecule has 0 bridgehead atoms. The van der Waals surface area contributed by atoms with E-state index < -0.39 is 0 Å². The molecule has 0 aliphatic rings. The molecule has 0 aliphatic carbocycles. The van der Waals surface area contributed by atoms with E-state index in [-0.39, 0.29) is 6.61 Å². The molecule has 1 aromatic heterocycles. The molecule has 0 saturated carbocycles. The van der Waals surface area contributed by atoms with E-state index in [1.54, 1.807) is 4.68 Å². The predicted molar refractivity (Wildman–Crippen MR) is 59.9 cm³/mol. The second-order valence-corrected chi connectivity index (χ2v) is 3.42. The molecule has 0 atom stereocenters. The van der Waals surface area contributed by atoms with E-state index in [2.05, 4.69) is 15.6 Å². The molecule has 2 N–H and O–H groups in total. The third kappa shape index (κ3) is 5.20. The zero-order valence-electron chi connectivity index (χ0n) is 9.72. The van der Waals surface area contributed by atoms with Gasteiger partial charge in [-0.1, -0.05) is 5.21 Å². The fourth-order valence-corrected chi connectivity index (χ4v) is 1.29. The molecule has 0 fully saturated rings. The Hall–Kier alpha value is -0.980. The van der Waals surface area contributed by atoms with Gasteiger partial charge in [0.05, 0.1) is 18.8 Å². The van der Waals surface area contributed by atoms with Crippen molar-refractivity contribution in [2.45, 2.75) is 26.4 Å². The Morgan fingerprint density at radius 1 is 1.56 bits per heavy atom. The van der Waals surface area contributed by atoms with Crippen molar-refractivity contribution in [3.8, 4) is 0 Å². The molecule has 0 amide bonds. The van der Waals surface area contributed by atoms with Crippen LogP contribution in [0.5, 0.6) is 0 Å². The molecule has 1 aromatic rings. The molecule has 1 heterocycles. The summed E-state index contributed by atoms with van der Waals surface area (Å²) < 4.78 is 6.86. The monoisotopic (exact) mass is 228 g/mol. The van der Waals surface area contributed by atoms with Crippen molar-refractivity contribution in [2.24, 2.45) is 0 Å². The lowest BCUT2D eigenvalue weighted by atomic mass is 10.4. The van der Waals surface area contributed by atoms with Crippen LogP contribution in [-0.2, 0) is 17.8 Å². The van der Waals surface area contributed by atoms with E-state index in [9.17, 15) is 0 Å². The minimum absolute atomic E-state index is 0.0879. The molecule has 0 radical (unpaired) electrons. The molecule has 0 aliphatic heterocycles. The summed E-state index contributed by atoms with van der Waals surface area (Å²) in [7, 11) is 0. The van der Waals surface area contributed by atoms with Gasteiger partial charge in [0, 0.05) is 26.0 Å². The Labute approximate surface area is 95.6 Å². The first-order chi connectivity index (χ1) is 7.86. The number of aliphatic hydroxyl groups excluding tert-OH is 1. The van der Waals surface area contributed by atoms with E-state index in [0.29, 0.717) is 13.1 Å². The summed E-state index contributed by atoms with van der Waals surface area (Å²) in [5.41, 5.74) is 0.893. The summed E-state index contributed by atoms with van der Waals surface area (Å²) in [6.07, 6.45) is 2.84. The maximum atomic E-state index is 8.71. The van der Waals surface area contributed by atoms with Gasteiger partial charge in [-0.15, -0.1) is 5.10 Å². The first kappa shape index (κ1) is 13.1. The zero-order valence-corrected chi connectivity index (χ0v) is 9.72. The average molecular weight is 228 g/mol. The van der Waals surface area contributed by atoms with Crippen LogP contribution in [0.2, 0.25) is 0 Å². The average Bonchev–Trinajstić information content (AvgIpc) is 2.72. The van der Waals surface area contributed by atoms with Gasteiger partial charge in [0.2, 0.25) is 0 Å². The van der Waals surface area contributed by atoms with Crippen molar-refractivity contribution < 1.29 is 9.84 Å². The van der Waals surface area contributed by atoms with Gasteiger partial charge in [0.1, 0.15) is 0 Å². The van der Waals surface area contributed by atoms with Gasteiger partial charge < -0.3 is 15.2 Å². The minimum atomic E-state index is 0.0879. The summed E-state index contributed by atoms with van der Waals surface area (Å²) in [6, 6.07) is 0. The molecule has 0 unspecified atom stereocenters. The van der Waals surface area contributed by atoms with Crippen LogP contribution in [0.4, 0.5) is 0 Å². The van der Waals surface area contributed by atoms with Crippen LogP contribution in [0.1, 0.15) is 19.0 Å². The van der Waals surface area contributed by atoms with E-state index in [0.717, 1.165) is 31.9 Å². The fraction of sp³-hybridized carbons (Fsp3) is 0.800. The van der Waals surface area contributed by atoms with Crippen molar-refractivity contribution >= 4 is 0 Å². The van der Waals surface area contributed by atoms with Gasteiger partial charge in [-0.05, 0) is 19.9 Å². The molecular weight excluding hydrogens is 208 g/mol. The molecule has 16 heavy (non-hydrogen) atoms. The van der Waals surface area contributed by atoms with Crippen LogP contribution in [-0.4, -0.2) is 46.5 Å². The number of ether oxygens (including phenoxy) is 1. The number of rotatable bonds is 9. The summed E-state index contributed by atoms with van der Waals surface area (Å²) >= 11 is 0. The Bertz CT molecular complexity index is 278. The maximum absolute atomic E-state index is 8.71.